The monoisotopic (exact) mass is 686 g/mol. The zero-order chi connectivity index (χ0) is 34.8. The van der Waals surface area contributed by atoms with Crippen molar-refractivity contribution in [3.05, 3.63) is 126 Å². The van der Waals surface area contributed by atoms with Crippen LogP contribution in [0.15, 0.2) is 115 Å². The lowest BCUT2D eigenvalue weighted by Gasteiger charge is -2.37. The Hall–Kier alpha value is -5.46. The Morgan fingerprint density at radius 1 is 0.824 bits per heavy atom. The highest BCUT2D eigenvalue weighted by molar-refractivity contribution is 5.86. The molecule has 3 atom stereocenters. The van der Waals surface area contributed by atoms with Crippen LogP contribution in [0.25, 0.3) is 16.5 Å². The first kappa shape index (κ1) is 32.7. The molecule has 51 heavy (non-hydrogen) atoms. The van der Waals surface area contributed by atoms with Crippen molar-refractivity contribution >= 4 is 22.1 Å². The minimum atomic E-state index is -1.04. The van der Waals surface area contributed by atoms with Gasteiger partial charge in [-0.3, -0.25) is 0 Å². The first-order valence-electron chi connectivity index (χ1n) is 17.6. The molecule has 262 valence electrons. The lowest BCUT2D eigenvalue weighted by Crippen LogP contribution is -2.46. The third-order valence-electron chi connectivity index (χ3n) is 9.99. The maximum absolute atomic E-state index is 12.8. The van der Waals surface area contributed by atoms with E-state index in [1.807, 2.05) is 49.4 Å². The third-order valence-corrected chi connectivity index (χ3v) is 9.99. The number of hydrogen-bond donors (Lipinski definition) is 0. The number of nitrogens with zero attached hydrogens (tertiary/aromatic N) is 8. The van der Waals surface area contributed by atoms with Gasteiger partial charge < -0.3 is 24.0 Å². The molecule has 4 heterocycles. The fourth-order valence-electron chi connectivity index (χ4n) is 6.98. The Balaban J connectivity index is 0.867. The van der Waals surface area contributed by atoms with Crippen molar-refractivity contribution in [2.75, 3.05) is 49.2 Å². The van der Waals surface area contributed by atoms with Crippen LogP contribution in [0.5, 0.6) is 5.75 Å². The quantitative estimate of drug-likeness (QED) is 0.177. The summed E-state index contributed by atoms with van der Waals surface area (Å²) in [7, 11) is 0. The number of benzene rings is 4. The van der Waals surface area contributed by atoms with Crippen LogP contribution in [0.2, 0.25) is 0 Å². The summed E-state index contributed by atoms with van der Waals surface area (Å²) in [5.41, 5.74) is 3.97. The van der Waals surface area contributed by atoms with Crippen molar-refractivity contribution in [2.24, 2.45) is 0 Å². The average molecular weight is 687 g/mol. The molecule has 3 unspecified atom stereocenters. The predicted molar refractivity (Wildman–Crippen MR) is 196 cm³/mol. The van der Waals surface area contributed by atoms with Gasteiger partial charge in [0.2, 0.25) is 5.79 Å². The smallest absolute Gasteiger partial charge is 0.350 e. The Morgan fingerprint density at radius 3 is 2.18 bits per heavy atom. The minimum absolute atomic E-state index is 0.0690. The lowest BCUT2D eigenvalue weighted by molar-refractivity contribution is -0.191. The molecule has 2 fully saturated rings. The van der Waals surface area contributed by atoms with E-state index in [4.69, 9.17) is 14.2 Å². The molecule has 0 aliphatic carbocycles. The molecule has 0 N–H and O–H groups in total. The van der Waals surface area contributed by atoms with Gasteiger partial charge in [-0.25, -0.2) is 14.0 Å². The van der Waals surface area contributed by atoms with Gasteiger partial charge in [0.15, 0.2) is 0 Å². The first-order valence-corrected chi connectivity index (χ1v) is 17.6. The summed E-state index contributed by atoms with van der Waals surface area (Å²) in [6.07, 6.45) is 5.50. The van der Waals surface area contributed by atoms with Crippen molar-refractivity contribution in [1.29, 1.82) is 0 Å². The van der Waals surface area contributed by atoms with E-state index < -0.39 is 5.79 Å². The molecule has 0 spiro atoms. The number of fused-ring (bicyclic) bond motifs is 1. The van der Waals surface area contributed by atoms with Crippen molar-refractivity contribution in [3.63, 3.8) is 0 Å². The van der Waals surface area contributed by atoms with E-state index >= 15 is 0 Å². The van der Waals surface area contributed by atoms with Gasteiger partial charge in [0.25, 0.3) is 0 Å². The van der Waals surface area contributed by atoms with Crippen molar-refractivity contribution in [2.45, 2.75) is 44.7 Å². The van der Waals surface area contributed by atoms with Crippen molar-refractivity contribution in [1.82, 2.24) is 29.3 Å². The van der Waals surface area contributed by atoms with E-state index in [-0.39, 0.29) is 17.8 Å². The average Bonchev–Trinajstić information content (AvgIpc) is 3.95. The van der Waals surface area contributed by atoms with E-state index in [0.717, 1.165) is 71.7 Å². The molecule has 6 aromatic rings. The zero-order valence-corrected chi connectivity index (χ0v) is 28.9. The summed E-state index contributed by atoms with van der Waals surface area (Å²) in [5, 5.41) is 15.2. The topological polar surface area (TPSA) is 105 Å². The number of hydrogen-bond acceptors (Lipinski definition) is 9. The Morgan fingerprint density at radius 2 is 1.47 bits per heavy atom. The molecule has 0 bridgehead atoms. The fraction of sp³-hybridized carbons (Fsp3) is 0.333. The van der Waals surface area contributed by atoms with Crippen molar-refractivity contribution in [3.8, 4) is 11.4 Å². The van der Waals surface area contributed by atoms with E-state index in [0.29, 0.717) is 19.8 Å². The molecule has 0 radical (unpaired) electrons. The van der Waals surface area contributed by atoms with E-state index in [1.54, 1.807) is 32.8 Å². The maximum atomic E-state index is 12.8. The fourth-order valence-corrected chi connectivity index (χ4v) is 6.98. The van der Waals surface area contributed by atoms with Crippen LogP contribution < -0.4 is 20.2 Å². The van der Waals surface area contributed by atoms with Crippen LogP contribution in [-0.4, -0.2) is 74.8 Å². The molecule has 12 nitrogen and oxygen atoms in total. The SMILES string of the molecule is CCC(C)n1ncn(-c2ccc(N3CCN(c4ccc(OCC5COC(Cn6nccn6)(c6cccc7ccccc67)O5)cc4)CC3)cc2)c1=O. The zero-order valence-electron chi connectivity index (χ0n) is 28.9. The van der Waals surface area contributed by atoms with Gasteiger partial charge in [0.1, 0.15) is 31.3 Å². The molecule has 2 aromatic heterocycles. The van der Waals surface area contributed by atoms with Gasteiger partial charge in [-0.05, 0) is 72.6 Å². The largest absolute Gasteiger partial charge is 0.491 e. The normalized spacial score (nSPS) is 19.8. The molecule has 12 heteroatoms. The van der Waals surface area contributed by atoms with Gasteiger partial charge in [-0.15, -0.1) is 0 Å². The molecule has 2 aliphatic rings. The molecule has 2 aliphatic heterocycles. The summed E-state index contributed by atoms with van der Waals surface area (Å²) in [6, 6.07) is 30.9. The lowest BCUT2D eigenvalue weighted by atomic mass is 9.97. The number of aromatic nitrogens is 6. The minimum Gasteiger partial charge on any atom is -0.491 e. The van der Waals surface area contributed by atoms with Gasteiger partial charge in [0.05, 0.1) is 30.7 Å². The molecule has 0 saturated carbocycles. The maximum Gasteiger partial charge on any atom is 0.350 e. The Bertz CT molecular complexity index is 2120. The number of piperazine rings is 1. The highest BCUT2D eigenvalue weighted by Gasteiger charge is 2.45. The van der Waals surface area contributed by atoms with Crippen LogP contribution in [0, 0.1) is 0 Å². The summed E-state index contributed by atoms with van der Waals surface area (Å²) >= 11 is 0. The Kier molecular flexibility index (Phi) is 9.01. The standard InChI is InChI=1S/C39H42N8O4/c1-3-29(2)47-38(48)45(28-42-47)33-13-11-31(12-14-33)43-21-23-44(24-22-43)32-15-17-34(18-16-32)49-25-35-26-50-39(51-35,27-46-40-19-20-41-46)37-10-6-8-30-7-4-5-9-36(30)37/h4-20,28-29,35H,3,21-27H2,1-2H3. The summed E-state index contributed by atoms with van der Waals surface area (Å²) in [4.78, 5) is 19.2. The number of ether oxygens (including phenoxy) is 3. The summed E-state index contributed by atoms with van der Waals surface area (Å²) in [5.74, 6) is -0.259. The molecular formula is C39H42N8O4. The molecule has 8 rings (SSSR count). The summed E-state index contributed by atoms with van der Waals surface area (Å²) < 4.78 is 22.5. The van der Waals surface area contributed by atoms with Crippen LogP contribution in [0.4, 0.5) is 11.4 Å². The second kappa shape index (κ2) is 14.0. The number of anilines is 2. The molecular weight excluding hydrogens is 644 g/mol. The van der Waals surface area contributed by atoms with Gasteiger partial charge in [-0.1, -0.05) is 49.4 Å². The molecule has 4 aromatic carbocycles. The van der Waals surface area contributed by atoms with E-state index in [9.17, 15) is 4.79 Å². The van der Waals surface area contributed by atoms with E-state index in [1.165, 1.54) is 0 Å². The second-order valence-electron chi connectivity index (χ2n) is 13.2. The van der Waals surface area contributed by atoms with Crippen LogP contribution in [0.1, 0.15) is 31.9 Å². The first-order chi connectivity index (χ1) is 25.0. The summed E-state index contributed by atoms with van der Waals surface area (Å²) in [6.45, 7) is 8.72. The van der Waals surface area contributed by atoms with Gasteiger partial charge >= 0.3 is 5.69 Å². The number of rotatable bonds is 11. The Labute approximate surface area is 296 Å². The third kappa shape index (κ3) is 6.60. The van der Waals surface area contributed by atoms with Crippen molar-refractivity contribution < 1.29 is 14.2 Å². The van der Waals surface area contributed by atoms with Gasteiger partial charge in [-0.2, -0.15) is 20.1 Å². The van der Waals surface area contributed by atoms with Crippen LogP contribution >= 0.6 is 0 Å². The second-order valence-corrected chi connectivity index (χ2v) is 13.2. The highest BCUT2D eigenvalue weighted by atomic mass is 16.8. The van der Waals surface area contributed by atoms with Crippen LogP contribution in [0.3, 0.4) is 0 Å². The van der Waals surface area contributed by atoms with E-state index in [2.05, 4.69) is 80.6 Å². The molecule has 2 saturated heterocycles. The van der Waals surface area contributed by atoms with Gasteiger partial charge in [0, 0.05) is 43.1 Å². The molecule has 0 amide bonds. The predicted octanol–water partition coefficient (Wildman–Crippen LogP) is 5.42. The van der Waals surface area contributed by atoms with Crippen LogP contribution in [-0.2, 0) is 21.8 Å². The highest BCUT2D eigenvalue weighted by Crippen LogP contribution is 2.39.